The van der Waals surface area contributed by atoms with E-state index in [1.54, 1.807) is 0 Å². The number of hydrogen-bond donors (Lipinski definition) is 0. The summed E-state index contributed by atoms with van der Waals surface area (Å²) in [6.07, 6.45) is 4.03. The lowest BCUT2D eigenvalue weighted by molar-refractivity contribution is 0.299. The van der Waals surface area contributed by atoms with Crippen molar-refractivity contribution in [2.45, 2.75) is 52.1 Å². The molecule has 1 fully saturated rings. The molecule has 1 aliphatic rings. The molecule has 0 unspecified atom stereocenters. The van der Waals surface area contributed by atoms with Crippen molar-refractivity contribution >= 4 is 0 Å². The van der Waals surface area contributed by atoms with Gasteiger partial charge in [-0.05, 0) is 42.4 Å². The summed E-state index contributed by atoms with van der Waals surface area (Å²) in [5.41, 5.74) is 2.84. The van der Waals surface area contributed by atoms with Crippen LogP contribution in [-0.4, -0.2) is 6.10 Å². The largest absolute Gasteiger partial charge is 0.490 e. The maximum Gasteiger partial charge on any atom is 0.123 e. The monoisotopic (exact) mass is 204 g/mol. The molecule has 0 saturated heterocycles. The zero-order valence-corrected chi connectivity index (χ0v) is 9.92. The molecule has 82 valence electrons. The second-order valence-corrected chi connectivity index (χ2v) is 4.65. The molecule has 0 N–H and O–H groups in total. The molecule has 0 spiro atoms. The van der Waals surface area contributed by atoms with Crippen LogP contribution in [0.1, 0.15) is 50.7 Å². The molecule has 0 bridgehead atoms. The fraction of sp³-hybridized carbons (Fsp3) is 0.571. The summed E-state index contributed by atoms with van der Waals surface area (Å²) in [6.45, 7) is 6.70. The van der Waals surface area contributed by atoms with Gasteiger partial charge in [-0.25, -0.2) is 0 Å². The second-order valence-electron chi connectivity index (χ2n) is 4.65. The van der Waals surface area contributed by atoms with Gasteiger partial charge in [-0.15, -0.1) is 0 Å². The van der Waals surface area contributed by atoms with Gasteiger partial charge in [-0.2, -0.15) is 0 Å². The Hall–Kier alpha value is -0.980. The van der Waals surface area contributed by atoms with Crippen molar-refractivity contribution in [2.24, 2.45) is 0 Å². The van der Waals surface area contributed by atoms with E-state index in [1.165, 1.54) is 24.0 Å². The second kappa shape index (κ2) is 4.26. The standard InChI is InChI=1S/C14H20O/c1-4-12-13(10(2)3)6-5-7-14(12)15-11-8-9-11/h5-7,10-11H,4,8-9H2,1-3H3. The van der Waals surface area contributed by atoms with Crippen LogP contribution in [-0.2, 0) is 6.42 Å². The van der Waals surface area contributed by atoms with Gasteiger partial charge in [0.2, 0.25) is 0 Å². The highest BCUT2D eigenvalue weighted by atomic mass is 16.5. The van der Waals surface area contributed by atoms with Gasteiger partial charge in [0, 0.05) is 0 Å². The van der Waals surface area contributed by atoms with Crippen LogP contribution in [0.2, 0.25) is 0 Å². The Bertz CT molecular complexity index is 337. The molecule has 0 heterocycles. The molecule has 1 nitrogen and oxygen atoms in total. The van der Waals surface area contributed by atoms with Crippen LogP contribution in [0.25, 0.3) is 0 Å². The molecule has 0 atom stereocenters. The topological polar surface area (TPSA) is 9.23 Å². The maximum absolute atomic E-state index is 5.94. The van der Waals surface area contributed by atoms with Crippen LogP contribution in [0.5, 0.6) is 5.75 Å². The molecule has 1 aromatic carbocycles. The molecule has 0 aromatic heterocycles. The molecule has 1 aromatic rings. The molecule has 0 amide bonds. The van der Waals surface area contributed by atoms with E-state index in [2.05, 4.69) is 39.0 Å². The molecule has 1 saturated carbocycles. The van der Waals surface area contributed by atoms with Crippen molar-refractivity contribution in [3.8, 4) is 5.75 Å². The average molecular weight is 204 g/mol. The van der Waals surface area contributed by atoms with Gasteiger partial charge in [0.1, 0.15) is 5.75 Å². The Morgan fingerprint density at radius 3 is 2.60 bits per heavy atom. The van der Waals surface area contributed by atoms with Gasteiger partial charge in [-0.1, -0.05) is 32.9 Å². The van der Waals surface area contributed by atoms with Crippen LogP contribution in [0, 0.1) is 0 Å². The molecule has 15 heavy (non-hydrogen) atoms. The van der Waals surface area contributed by atoms with Crippen LogP contribution < -0.4 is 4.74 Å². The quantitative estimate of drug-likeness (QED) is 0.722. The lowest BCUT2D eigenvalue weighted by atomic mass is 9.95. The fourth-order valence-corrected chi connectivity index (χ4v) is 1.98. The van der Waals surface area contributed by atoms with E-state index < -0.39 is 0 Å². The first-order valence-corrected chi connectivity index (χ1v) is 6.00. The summed E-state index contributed by atoms with van der Waals surface area (Å²) in [5, 5.41) is 0. The van der Waals surface area contributed by atoms with Gasteiger partial charge >= 0.3 is 0 Å². The Balaban J connectivity index is 2.30. The lowest BCUT2D eigenvalue weighted by Gasteiger charge is -2.16. The van der Waals surface area contributed by atoms with Gasteiger partial charge < -0.3 is 4.74 Å². The van der Waals surface area contributed by atoms with E-state index in [-0.39, 0.29) is 0 Å². The average Bonchev–Trinajstić information content (AvgIpc) is 3.01. The third-order valence-corrected chi connectivity index (χ3v) is 2.96. The molecular weight excluding hydrogens is 184 g/mol. The normalized spacial score (nSPS) is 15.7. The summed E-state index contributed by atoms with van der Waals surface area (Å²) in [7, 11) is 0. The van der Waals surface area contributed by atoms with Crippen LogP contribution in [0.15, 0.2) is 18.2 Å². The number of hydrogen-bond acceptors (Lipinski definition) is 1. The number of ether oxygens (including phenoxy) is 1. The van der Waals surface area contributed by atoms with Crippen molar-refractivity contribution in [1.29, 1.82) is 0 Å². The lowest BCUT2D eigenvalue weighted by Crippen LogP contribution is -2.03. The fourth-order valence-electron chi connectivity index (χ4n) is 1.98. The molecule has 0 radical (unpaired) electrons. The predicted octanol–water partition coefficient (Wildman–Crippen LogP) is 3.91. The Morgan fingerprint density at radius 1 is 1.33 bits per heavy atom. The maximum atomic E-state index is 5.94. The molecule has 1 heteroatoms. The van der Waals surface area contributed by atoms with Crippen molar-refractivity contribution in [3.63, 3.8) is 0 Å². The van der Waals surface area contributed by atoms with E-state index in [4.69, 9.17) is 4.74 Å². The molecule has 0 aliphatic heterocycles. The first kappa shape index (κ1) is 10.5. The molecular formula is C14H20O. The summed E-state index contributed by atoms with van der Waals surface area (Å²) in [4.78, 5) is 0. The Kier molecular flexibility index (Phi) is 2.99. The van der Waals surface area contributed by atoms with Crippen LogP contribution in [0.3, 0.4) is 0 Å². The third-order valence-electron chi connectivity index (χ3n) is 2.96. The smallest absolute Gasteiger partial charge is 0.123 e. The molecule has 2 rings (SSSR count). The highest BCUT2D eigenvalue weighted by Crippen LogP contribution is 2.33. The van der Waals surface area contributed by atoms with Crippen LogP contribution >= 0.6 is 0 Å². The van der Waals surface area contributed by atoms with E-state index in [1.807, 2.05) is 0 Å². The summed E-state index contributed by atoms with van der Waals surface area (Å²) in [5.74, 6) is 1.70. The zero-order valence-electron chi connectivity index (χ0n) is 9.92. The van der Waals surface area contributed by atoms with Crippen LogP contribution in [0.4, 0.5) is 0 Å². The first-order chi connectivity index (χ1) is 7.22. The first-order valence-electron chi connectivity index (χ1n) is 6.00. The van der Waals surface area contributed by atoms with Crippen molar-refractivity contribution < 1.29 is 4.74 Å². The van der Waals surface area contributed by atoms with Gasteiger partial charge in [-0.3, -0.25) is 0 Å². The third kappa shape index (κ3) is 2.34. The van der Waals surface area contributed by atoms with E-state index >= 15 is 0 Å². The van der Waals surface area contributed by atoms with E-state index in [9.17, 15) is 0 Å². The molecule has 1 aliphatic carbocycles. The van der Waals surface area contributed by atoms with Crippen molar-refractivity contribution in [2.75, 3.05) is 0 Å². The highest BCUT2D eigenvalue weighted by molar-refractivity contribution is 5.42. The SMILES string of the molecule is CCc1c(OC2CC2)cccc1C(C)C. The minimum absolute atomic E-state index is 0.498. The van der Waals surface area contributed by atoms with E-state index in [0.29, 0.717) is 12.0 Å². The van der Waals surface area contributed by atoms with Gasteiger partial charge in [0.25, 0.3) is 0 Å². The van der Waals surface area contributed by atoms with Crippen molar-refractivity contribution in [3.05, 3.63) is 29.3 Å². The van der Waals surface area contributed by atoms with E-state index in [0.717, 1.165) is 12.2 Å². The van der Waals surface area contributed by atoms with Gasteiger partial charge in [0.15, 0.2) is 0 Å². The number of benzene rings is 1. The predicted molar refractivity (Wildman–Crippen MR) is 63.6 cm³/mol. The minimum atomic E-state index is 0.498. The van der Waals surface area contributed by atoms with Gasteiger partial charge in [0.05, 0.1) is 6.10 Å². The Morgan fingerprint density at radius 2 is 2.07 bits per heavy atom. The summed E-state index contributed by atoms with van der Waals surface area (Å²) < 4.78 is 5.94. The highest BCUT2D eigenvalue weighted by Gasteiger charge is 2.24. The zero-order chi connectivity index (χ0) is 10.8. The number of rotatable bonds is 4. The Labute approximate surface area is 92.5 Å². The minimum Gasteiger partial charge on any atom is -0.490 e. The summed E-state index contributed by atoms with van der Waals surface area (Å²) in [6, 6.07) is 6.46. The summed E-state index contributed by atoms with van der Waals surface area (Å²) >= 11 is 0. The van der Waals surface area contributed by atoms with Crippen molar-refractivity contribution in [1.82, 2.24) is 0 Å².